The molecule has 2 amide bonds. The molecule has 2 N–H and O–H groups in total. The molecule has 2 aromatic heterocycles. The van der Waals surface area contributed by atoms with Gasteiger partial charge in [-0.2, -0.15) is 0 Å². The van der Waals surface area contributed by atoms with Crippen LogP contribution in [-0.4, -0.2) is 57.3 Å². The van der Waals surface area contributed by atoms with Gasteiger partial charge in [0.2, 0.25) is 5.91 Å². The number of carbonyl (C=O) groups excluding carboxylic acids is 2. The van der Waals surface area contributed by atoms with E-state index in [1.165, 1.54) is 12.3 Å². The van der Waals surface area contributed by atoms with Crippen molar-refractivity contribution in [2.45, 2.75) is 37.8 Å². The molecule has 1 aliphatic rings. The topological polar surface area (TPSA) is 127 Å². The van der Waals surface area contributed by atoms with Gasteiger partial charge in [-0.3, -0.25) is 14.4 Å². The van der Waals surface area contributed by atoms with Crippen molar-refractivity contribution in [1.29, 1.82) is 0 Å². The van der Waals surface area contributed by atoms with Crippen LogP contribution in [0.1, 0.15) is 46.1 Å². The highest BCUT2D eigenvalue weighted by atomic mass is 35.5. The van der Waals surface area contributed by atoms with Gasteiger partial charge >= 0.3 is 5.97 Å². The van der Waals surface area contributed by atoms with Gasteiger partial charge in [0.05, 0.1) is 47.5 Å². The minimum absolute atomic E-state index is 0.0687. The second-order valence-electron chi connectivity index (χ2n) is 9.98. The highest BCUT2D eigenvalue weighted by molar-refractivity contribution is 6.34. The summed E-state index contributed by atoms with van der Waals surface area (Å²) in [6, 6.07) is 9.40. The van der Waals surface area contributed by atoms with Crippen LogP contribution >= 0.6 is 11.6 Å². The van der Waals surface area contributed by atoms with Crippen molar-refractivity contribution in [3.63, 3.8) is 0 Å². The number of aliphatic carboxylic acids is 1. The zero-order valence-corrected chi connectivity index (χ0v) is 23.2. The SMILES string of the molecule is CO[C@H]1C[C@@H](c2cnoc2CCC(=O)O)N(C(=O)Cc2cc(Cl)c(NC(=O)c3cn(C)c4ccccc34)cc2F)C1. The van der Waals surface area contributed by atoms with Gasteiger partial charge in [-0.1, -0.05) is 35.0 Å². The van der Waals surface area contributed by atoms with Crippen LogP contribution in [0.25, 0.3) is 10.9 Å². The molecule has 1 aliphatic heterocycles. The average Bonchev–Trinajstić information content (AvgIpc) is 3.67. The van der Waals surface area contributed by atoms with E-state index in [9.17, 15) is 14.4 Å². The van der Waals surface area contributed by atoms with Gasteiger partial charge in [-0.15, -0.1) is 0 Å². The van der Waals surface area contributed by atoms with Crippen LogP contribution < -0.4 is 5.32 Å². The number of benzene rings is 2. The third kappa shape index (κ3) is 5.82. The predicted molar refractivity (Wildman–Crippen MR) is 148 cm³/mol. The summed E-state index contributed by atoms with van der Waals surface area (Å²) in [6.45, 7) is 0.262. The lowest BCUT2D eigenvalue weighted by Crippen LogP contribution is -2.33. The van der Waals surface area contributed by atoms with Crippen LogP contribution in [0.4, 0.5) is 10.1 Å². The number of ether oxygens (including phenoxy) is 1. The highest BCUT2D eigenvalue weighted by Gasteiger charge is 2.38. The normalized spacial score (nSPS) is 16.8. The molecule has 0 spiro atoms. The first-order chi connectivity index (χ1) is 19.7. The number of aromatic nitrogens is 2. The quantitative estimate of drug-likeness (QED) is 0.291. The van der Waals surface area contributed by atoms with E-state index >= 15 is 4.39 Å². The maximum absolute atomic E-state index is 15.3. The highest BCUT2D eigenvalue weighted by Crippen LogP contribution is 2.36. The van der Waals surface area contributed by atoms with Gasteiger partial charge in [0.25, 0.3) is 5.91 Å². The Hall–Kier alpha value is -4.22. The number of rotatable bonds is 9. The van der Waals surface area contributed by atoms with Crippen LogP contribution in [0.5, 0.6) is 0 Å². The first-order valence-corrected chi connectivity index (χ1v) is 13.3. The Morgan fingerprint density at radius 1 is 1.27 bits per heavy atom. The maximum Gasteiger partial charge on any atom is 0.303 e. The molecule has 2 atom stereocenters. The molecule has 0 unspecified atom stereocenters. The van der Waals surface area contributed by atoms with Crippen LogP contribution in [0.2, 0.25) is 5.02 Å². The molecular weight excluding hydrogens is 555 g/mol. The number of carboxylic acid groups (broad SMARTS) is 1. The monoisotopic (exact) mass is 582 g/mol. The molecule has 4 aromatic rings. The Kier molecular flexibility index (Phi) is 8.09. The lowest BCUT2D eigenvalue weighted by molar-refractivity contribution is -0.137. The van der Waals surface area contributed by atoms with Crippen molar-refractivity contribution in [2.75, 3.05) is 19.0 Å². The number of halogens is 2. The van der Waals surface area contributed by atoms with Gasteiger partial charge in [0.15, 0.2) is 0 Å². The van der Waals surface area contributed by atoms with E-state index in [1.54, 1.807) is 18.2 Å². The summed E-state index contributed by atoms with van der Waals surface area (Å²) in [4.78, 5) is 39.1. The number of amides is 2. The molecule has 1 fully saturated rings. The second kappa shape index (κ2) is 11.7. The van der Waals surface area contributed by atoms with Crippen LogP contribution in [0.15, 0.2) is 53.3 Å². The van der Waals surface area contributed by atoms with Crippen molar-refractivity contribution in [2.24, 2.45) is 7.05 Å². The smallest absolute Gasteiger partial charge is 0.303 e. The maximum atomic E-state index is 15.3. The van der Waals surface area contributed by atoms with Crippen LogP contribution in [-0.2, 0) is 34.2 Å². The van der Waals surface area contributed by atoms with E-state index in [0.29, 0.717) is 23.3 Å². The molecule has 5 rings (SSSR count). The van der Waals surface area contributed by atoms with Crippen molar-refractivity contribution >= 4 is 46.0 Å². The Morgan fingerprint density at radius 2 is 2.05 bits per heavy atom. The van der Waals surface area contributed by atoms with Crippen LogP contribution in [0, 0.1) is 5.82 Å². The number of fused-ring (bicyclic) bond motifs is 1. The fourth-order valence-corrected chi connectivity index (χ4v) is 5.52. The van der Waals surface area contributed by atoms with Gasteiger partial charge in [0, 0.05) is 56.2 Å². The third-order valence-corrected chi connectivity index (χ3v) is 7.70. The molecule has 214 valence electrons. The Bertz CT molecular complexity index is 1630. The Morgan fingerprint density at radius 3 is 2.80 bits per heavy atom. The van der Waals surface area contributed by atoms with Crippen LogP contribution in [0.3, 0.4) is 0 Å². The summed E-state index contributed by atoms with van der Waals surface area (Å²) in [5.41, 5.74) is 2.05. The Balaban J connectivity index is 1.33. The number of methoxy groups -OCH3 is 1. The van der Waals surface area contributed by atoms with E-state index in [0.717, 1.165) is 17.0 Å². The van der Waals surface area contributed by atoms with Gasteiger partial charge in [0.1, 0.15) is 11.6 Å². The summed E-state index contributed by atoms with van der Waals surface area (Å²) in [7, 11) is 3.37. The number of aryl methyl sites for hydroxylation is 2. The van der Waals surface area contributed by atoms with Crippen molar-refractivity contribution in [3.05, 3.63) is 82.1 Å². The minimum Gasteiger partial charge on any atom is -0.481 e. The van der Waals surface area contributed by atoms with Gasteiger partial charge in [-0.05, 0) is 23.8 Å². The Labute approximate surface area is 239 Å². The van der Waals surface area contributed by atoms with E-state index in [2.05, 4.69) is 10.5 Å². The molecule has 41 heavy (non-hydrogen) atoms. The van der Waals surface area contributed by atoms with E-state index in [-0.39, 0.29) is 54.1 Å². The average molecular weight is 583 g/mol. The predicted octanol–water partition coefficient (Wildman–Crippen LogP) is 4.76. The first kappa shape index (κ1) is 28.3. The summed E-state index contributed by atoms with van der Waals surface area (Å²) in [6.07, 6.45) is 3.04. The number of hydrogen-bond acceptors (Lipinski definition) is 6. The number of carboxylic acids is 1. The number of hydrogen-bond donors (Lipinski definition) is 2. The molecule has 2 aromatic carbocycles. The summed E-state index contributed by atoms with van der Waals surface area (Å²) < 4.78 is 27.8. The molecule has 0 saturated carbocycles. The van der Waals surface area contributed by atoms with Gasteiger partial charge < -0.3 is 29.2 Å². The van der Waals surface area contributed by atoms with Gasteiger partial charge in [-0.25, -0.2) is 4.39 Å². The number of carbonyl (C=O) groups is 3. The standard InChI is InChI=1S/C29H28ClFN4O6/c1-34-15-20(18-5-3-4-6-24(18)34)29(39)33-23-12-22(31)16(9-21(23)30)10-27(36)35-14-17(40-2)11-25(35)19-13-32-41-26(19)7-8-28(37)38/h3-6,9,12-13,15,17,25H,7-8,10-11,14H2,1-2H3,(H,33,39)(H,37,38)/t17-,25-/m0/s1. The zero-order valence-electron chi connectivity index (χ0n) is 22.4. The molecule has 0 radical (unpaired) electrons. The molecule has 0 bridgehead atoms. The lowest BCUT2D eigenvalue weighted by Gasteiger charge is -2.24. The fourth-order valence-electron chi connectivity index (χ4n) is 5.29. The molecule has 1 saturated heterocycles. The van der Waals surface area contributed by atoms with Crippen molar-refractivity contribution in [3.8, 4) is 0 Å². The number of nitrogens with one attached hydrogen (secondary N) is 1. The summed E-state index contributed by atoms with van der Waals surface area (Å²) in [5, 5.41) is 16.4. The molecule has 12 heteroatoms. The molecule has 10 nitrogen and oxygen atoms in total. The zero-order chi connectivity index (χ0) is 29.3. The van der Waals surface area contributed by atoms with E-state index < -0.39 is 23.7 Å². The van der Waals surface area contributed by atoms with E-state index in [4.69, 9.17) is 26.0 Å². The number of nitrogens with zero attached hydrogens (tertiary/aromatic N) is 3. The number of anilines is 1. The third-order valence-electron chi connectivity index (χ3n) is 7.39. The first-order valence-electron chi connectivity index (χ1n) is 13.0. The molecular formula is C29H28ClFN4O6. The largest absolute Gasteiger partial charge is 0.481 e. The summed E-state index contributed by atoms with van der Waals surface area (Å²) in [5.74, 6) is -2.10. The minimum atomic E-state index is -0.981. The van der Waals surface area contributed by atoms with Crippen molar-refractivity contribution in [1.82, 2.24) is 14.6 Å². The number of para-hydroxylation sites is 1. The summed E-state index contributed by atoms with van der Waals surface area (Å²) >= 11 is 6.44. The lowest BCUT2D eigenvalue weighted by atomic mass is 10.0. The fraction of sp³-hybridized carbons (Fsp3) is 0.310. The second-order valence-corrected chi connectivity index (χ2v) is 10.4. The molecule has 3 heterocycles. The number of likely N-dealkylation sites (tertiary alicyclic amines) is 1. The van der Waals surface area contributed by atoms with E-state index in [1.807, 2.05) is 35.9 Å². The molecule has 0 aliphatic carbocycles. The van der Waals surface area contributed by atoms with Crippen molar-refractivity contribution < 1.29 is 33.1 Å².